The summed E-state index contributed by atoms with van der Waals surface area (Å²) in [5.41, 5.74) is 4.10. The van der Waals surface area contributed by atoms with Gasteiger partial charge in [-0.3, -0.25) is 0 Å². The van der Waals surface area contributed by atoms with Crippen LogP contribution < -0.4 is 19.7 Å². The molecule has 33 heavy (non-hydrogen) atoms. The van der Waals surface area contributed by atoms with Crippen molar-refractivity contribution in [3.05, 3.63) is 83.9 Å². The molecule has 0 bridgehead atoms. The van der Waals surface area contributed by atoms with E-state index in [9.17, 15) is 4.79 Å². The van der Waals surface area contributed by atoms with Gasteiger partial charge in [-0.1, -0.05) is 30.3 Å². The van der Waals surface area contributed by atoms with E-state index in [-0.39, 0.29) is 12.1 Å². The zero-order valence-corrected chi connectivity index (χ0v) is 19.5. The van der Waals surface area contributed by atoms with Crippen molar-refractivity contribution >= 4 is 17.4 Å². The molecule has 1 saturated heterocycles. The minimum atomic E-state index is -0.104. The standard InChI is InChI=1S/C27H31N3O3/c1-29(19-20-8-5-4-6-9-20)22-13-11-21(12-14-22)28-27(31)30-17-7-10-25(30)24-18-23(32-2)15-16-26(24)33-3/h4-6,8-9,11-16,18,25H,7,10,17,19H2,1-3H3,(H,28,31). The molecule has 172 valence electrons. The molecule has 1 unspecified atom stereocenters. The monoisotopic (exact) mass is 445 g/mol. The third kappa shape index (κ3) is 5.22. The van der Waals surface area contributed by atoms with Crippen molar-refractivity contribution in [2.45, 2.75) is 25.4 Å². The van der Waals surface area contributed by atoms with E-state index in [1.54, 1.807) is 14.2 Å². The summed E-state index contributed by atoms with van der Waals surface area (Å²) < 4.78 is 11.0. The van der Waals surface area contributed by atoms with Crippen LogP contribution in [0.2, 0.25) is 0 Å². The Balaban J connectivity index is 1.43. The molecule has 6 nitrogen and oxygen atoms in total. The molecule has 0 saturated carbocycles. The molecule has 3 aromatic carbocycles. The lowest BCUT2D eigenvalue weighted by atomic mass is 10.0. The second-order valence-corrected chi connectivity index (χ2v) is 8.28. The Hall–Kier alpha value is -3.67. The van der Waals surface area contributed by atoms with Gasteiger partial charge in [0.25, 0.3) is 0 Å². The Labute approximate surface area is 195 Å². The van der Waals surface area contributed by atoms with Gasteiger partial charge < -0.3 is 24.6 Å². The van der Waals surface area contributed by atoms with Crippen LogP contribution in [0.1, 0.15) is 30.0 Å². The number of carbonyl (C=O) groups is 1. The third-order valence-corrected chi connectivity index (χ3v) is 6.13. The maximum atomic E-state index is 13.1. The Morgan fingerprint density at radius 3 is 2.48 bits per heavy atom. The number of carbonyl (C=O) groups excluding carboxylic acids is 1. The Morgan fingerprint density at radius 1 is 1.03 bits per heavy atom. The van der Waals surface area contributed by atoms with E-state index in [2.05, 4.69) is 41.5 Å². The average molecular weight is 446 g/mol. The summed E-state index contributed by atoms with van der Waals surface area (Å²) >= 11 is 0. The number of methoxy groups -OCH3 is 2. The quantitative estimate of drug-likeness (QED) is 0.506. The molecule has 4 rings (SSSR count). The smallest absolute Gasteiger partial charge is 0.322 e. The normalized spacial score (nSPS) is 15.2. The zero-order chi connectivity index (χ0) is 23.2. The Morgan fingerprint density at radius 2 is 1.79 bits per heavy atom. The van der Waals surface area contributed by atoms with Crippen molar-refractivity contribution in [1.82, 2.24) is 4.90 Å². The van der Waals surface area contributed by atoms with E-state index >= 15 is 0 Å². The Kier molecular flexibility index (Phi) is 7.03. The molecule has 1 heterocycles. The van der Waals surface area contributed by atoms with Crippen molar-refractivity contribution in [2.24, 2.45) is 0 Å². The van der Waals surface area contributed by atoms with E-state index in [1.807, 2.05) is 53.4 Å². The first-order chi connectivity index (χ1) is 16.1. The number of amides is 2. The molecule has 1 aliphatic heterocycles. The van der Waals surface area contributed by atoms with E-state index in [4.69, 9.17) is 9.47 Å². The zero-order valence-electron chi connectivity index (χ0n) is 19.5. The number of nitrogens with one attached hydrogen (secondary N) is 1. The first-order valence-electron chi connectivity index (χ1n) is 11.2. The molecule has 1 atom stereocenters. The number of nitrogens with zero attached hydrogens (tertiary/aromatic N) is 2. The molecular formula is C27H31N3O3. The first kappa shape index (κ1) is 22.5. The molecule has 0 spiro atoms. The molecule has 0 radical (unpaired) electrons. The van der Waals surface area contributed by atoms with Crippen LogP contribution in [0.3, 0.4) is 0 Å². The van der Waals surface area contributed by atoms with Crippen molar-refractivity contribution in [3.8, 4) is 11.5 Å². The highest BCUT2D eigenvalue weighted by Crippen LogP contribution is 2.39. The number of anilines is 2. The van der Waals surface area contributed by atoms with Gasteiger partial charge in [-0.25, -0.2) is 4.79 Å². The predicted octanol–water partition coefficient (Wildman–Crippen LogP) is 5.71. The molecule has 3 aromatic rings. The first-order valence-corrected chi connectivity index (χ1v) is 11.2. The van der Waals surface area contributed by atoms with E-state index < -0.39 is 0 Å². The largest absolute Gasteiger partial charge is 0.497 e. The van der Waals surface area contributed by atoms with Crippen molar-refractivity contribution in [1.29, 1.82) is 0 Å². The SMILES string of the molecule is COc1ccc(OC)c(C2CCCN2C(=O)Nc2ccc(N(C)Cc3ccccc3)cc2)c1. The highest BCUT2D eigenvalue weighted by molar-refractivity contribution is 5.90. The van der Waals surface area contributed by atoms with Gasteiger partial charge in [0, 0.05) is 37.1 Å². The average Bonchev–Trinajstić information content (AvgIpc) is 3.34. The van der Waals surface area contributed by atoms with Gasteiger partial charge in [0.1, 0.15) is 11.5 Å². The molecule has 0 aliphatic carbocycles. The molecular weight excluding hydrogens is 414 g/mol. The summed E-state index contributed by atoms with van der Waals surface area (Å²) in [7, 11) is 5.36. The lowest BCUT2D eigenvalue weighted by Crippen LogP contribution is -2.34. The fraction of sp³-hybridized carbons (Fsp3) is 0.296. The number of urea groups is 1. The van der Waals surface area contributed by atoms with Crippen LogP contribution in [0.25, 0.3) is 0 Å². The number of rotatable bonds is 7. The minimum Gasteiger partial charge on any atom is -0.497 e. The summed E-state index contributed by atoms with van der Waals surface area (Å²) in [5, 5.41) is 3.06. The second-order valence-electron chi connectivity index (χ2n) is 8.28. The van der Waals surface area contributed by atoms with Crippen LogP contribution in [0.15, 0.2) is 72.8 Å². The van der Waals surface area contributed by atoms with Gasteiger partial charge in [-0.2, -0.15) is 0 Å². The van der Waals surface area contributed by atoms with Gasteiger partial charge in [-0.15, -0.1) is 0 Å². The van der Waals surface area contributed by atoms with Gasteiger partial charge >= 0.3 is 6.03 Å². The van der Waals surface area contributed by atoms with Crippen LogP contribution >= 0.6 is 0 Å². The van der Waals surface area contributed by atoms with Crippen LogP contribution in [0.4, 0.5) is 16.2 Å². The second kappa shape index (κ2) is 10.3. The molecule has 2 amide bonds. The predicted molar refractivity (Wildman–Crippen MR) is 132 cm³/mol. The number of hydrogen-bond donors (Lipinski definition) is 1. The lowest BCUT2D eigenvalue weighted by molar-refractivity contribution is 0.206. The lowest BCUT2D eigenvalue weighted by Gasteiger charge is -2.27. The molecule has 0 aromatic heterocycles. The van der Waals surface area contributed by atoms with Crippen LogP contribution in [-0.2, 0) is 6.54 Å². The minimum absolute atomic E-state index is 0.0497. The molecule has 6 heteroatoms. The van der Waals surface area contributed by atoms with Crippen LogP contribution in [0.5, 0.6) is 11.5 Å². The molecule has 1 aliphatic rings. The van der Waals surface area contributed by atoms with Crippen molar-refractivity contribution in [2.75, 3.05) is 38.0 Å². The molecule has 1 N–H and O–H groups in total. The van der Waals surface area contributed by atoms with E-state index in [0.717, 1.165) is 47.8 Å². The molecule has 1 fully saturated rings. The fourth-order valence-corrected chi connectivity index (χ4v) is 4.38. The number of hydrogen-bond acceptors (Lipinski definition) is 4. The van der Waals surface area contributed by atoms with Crippen molar-refractivity contribution in [3.63, 3.8) is 0 Å². The van der Waals surface area contributed by atoms with E-state index in [1.165, 1.54) is 5.56 Å². The van der Waals surface area contributed by atoms with Gasteiger partial charge in [-0.05, 0) is 60.9 Å². The summed E-state index contributed by atoms with van der Waals surface area (Å²) in [6, 6.07) is 23.9. The highest BCUT2D eigenvalue weighted by atomic mass is 16.5. The maximum Gasteiger partial charge on any atom is 0.322 e. The number of likely N-dealkylation sites (tertiary alicyclic amines) is 1. The van der Waals surface area contributed by atoms with Crippen LogP contribution in [-0.4, -0.2) is 38.7 Å². The fourth-order valence-electron chi connectivity index (χ4n) is 4.38. The van der Waals surface area contributed by atoms with Gasteiger partial charge in [0.2, 0.25) is 0 Å². The van der Waals surface area contributed by atoms with Gasteiger partial charge in [0.05, 0.1) is 20.3 Å². The van der Waals surface area contributed by atoms with Gasteiger partial charge in [0.15, 0.2) is 0 Å². The summed E-state index contributed by atoms with van der Waals surface area (Å²) in [5.74, 6) is 1.53. The number of ether oxygens (including phenoxy) is 2. The summed E-state index contributed by atoms with van der Waals surface area (Å²) in [6.07, 6.45) is 1.84. The Bertz CT molecular complexity index is 1070. The number of benzene rings is 3. The third-order valence-electron chi connectivity index (χ3n) is 6.13. The highest BCUT2D eigenvalue weighted by Gasteiger charge is 2.32. The topological polar surface area (TPSA) is 54.0 Å². The maximum absolute atomic E-state index is 13.1. The summed E-state index contributed by atoms with van der Waals surface area (Å²) in [6.45, 7) is 1.53. The van der Waals surface area contributed by atoms with Crippen molar-refractivity contribution < 1.29 is 14.3 Å². The van der Waals surface area contributed by atoms with Crippen LogP contribution in [0, 0.1) is 0 Å². The summed E-state index contributed by atoms with van der Waals surface area (Å²) in [4.78, 5) is 17.2. The van der Waals surface area contributed by atoms with E-state index in [0.29, 0.717) is 6.54 Å².